The Labute approximate surface area is 215 Å². The van der Waals surface area contributed by atoms with Gasteiger partial charge in [-0.25, -0.2) is 0 Å². The van der Waals surface area contributed by atoms with Crippen LogP contribution < -0.4 is 15.0 Å². The van der Waals surface area contributed by atoms with Crippen molar-refractivity contribution in [3.63, 3.8) is 0 Å². The van der Waals surface area contributed by atoms with Crippen molar-refractivity contribution in [1.82, 2.24) is 4.90 Å². The normalized spacial score (nSPS) is 17.3. The number of imide groups is 1. The second kappa shape index (κ2) is 11.1. The number of halogens is 1. The molecule has 2 aliphatic rings. The number of hydrogen-bond donors (Lipinski definition) is 2. The molecule has 0 atom stereocenters. The molecule has 2 fully saturated rings. The van der Waals surface area contributed by atoms with E-state index in [0.29, 0.717) is 35.5 Å². The number of amides is 3. The summed E-state index contributed by atoms with van der Waals surface area (Å²) in [5.41, 5.74) is 2.18. The van der Waals surface area contributed by atoms with Crippen LogP contribution in [-0.2, 0) is 14.3 Å². The van der Waals surface area contributed by atoms with Crippen LogP contribution in [-0.4, -0.2) is 66.5 Å². The molecule has 0 saturated carbocycles. The molecule has 2 N–H and O–H groups in total. The standard InChI is InChI=1S/C24H24BrN3O6S/c1-2-34-19-12-15(11-18(25)22(19)30)13-20-23(31)28(24(32)35-20)14-21(29)26-16-3-5-17(6-4-16)27-7-9-33-10-8-27/h3-6,11-13,30H,2,7-10,14H2,1H3,(H,26,29)/b20-13+. The highest BCUT2D eigenvalue weighted by molar-refractivity contribution is 9.10. The Balaban J connectivity index is 1.40. The number of benzene rings is 2. The van der Waals surface area contributed by atoms with Gasteiger partial charge in [-0.3, -0.25) is 19.3 Å². The molecule has 0 bridgehead atoms. The van der Waals surface area contributed by atoms with Gasteiger partial charge in [0.15, 0.2) is 11.5 Å². The Bertz CT molecular complexity index is 1160. The summed E-state index contributed by atoms with van der Waals surface area (Å²) in [6.07, 6.45) is 1.53. The highest BCUT2D eigenvalue weighted by atomic mass is 79.9. The van der Waals surface area contributed by atoms with E-state index in [4.69, 9.17) is 9.47 Å². The zero-order valence-corrected chi connectivity index (χ0v) is 21.4. The molecule has 11 heteroatoms. The first kappa shape index (κ1) is 25.1. The molecule has 3 amide bonds. The van der Waals surface area contributed by atoms with Crippen LogP contribution in [0.25, 0.3) is 6.08 Å². The summed E-state index contributed by atoms with van der Waals surface area (Å²) in [6.45, 7) is 4.74. The Morgan fingerprint density at radius 1 is 1.23 bits per heavy atom. The van der Waals surface area contributed by atoms with Crippen molar-refractivity contribution < 1.29 is 29.0 Å². The van der Waals surface area contributed by atoms with E-state index in [-0.39, 0.29) is 16.4 Å². The molecule has 0 spiro atoms. The number of anilines is 2. The summed E-state index contributed by atoms with van der Waals surface area (Å²) in [4.78, 5) is 41.1. The number of nitrogens with zero attached hydrogens (tertiary/aromatic N) is 2. The van der Waals surface area contributed by atoms with Crippen molar-refractivity contribution in [1.29, 1.82) is 0 Å². The van der Waals surface area contributed by atoms with Gasteiger partial charge in [-0.2, -0.15) is 0 Å². The molecule has 2 saturated heterocycles. The zero-order valence-electron chi connectivity index (χ0n) is 19.0. The third-order valence-corrected chi connectivity index (χ3v) is 6.86. The number of thioether (sulfide) groups is 1. The molecule has 2 aromatic rings. The second-order valence-electron chi connectivity index (χ2n) is 7.74. The summed E-state index contributed by atoms with van der Waals surface area (Å²) in [7, 11) is 0. The van der Waals surface area contributed by atoms with Gasteiger partial charge in [0.1, 0.15) is 6.54 Å². The number of carbonyl (C=O) groups is 3. The van der Waals surface area contributed by atoms with Gasteiger partial charge < -0.3 is 24.8 Å². The van der Waals surface area contributed by atoms with Crippen LogP contribution in [0.5, 0.6) is 11.5 Å². The SMILES string of the molecule is CCOc1cc(/C=C2/SC(=O)N(CC(=O)Nc3ccc(N4CCOCC4)cc3)C2=O)cc(Br)c1O. The molecule has 2 aromatic carbocycles. The van der Waals surface area contributed by atoms with Gasteiger partial charge in [-0.05, 0) is 82.7 Å². The number of rotatable bonds is 7. The van der Waals surface area contributed by atoms with E-state index in [1.165, 1.54) is 6.08 Å². The van der Waals surface area contributed by atoms with Crippen molar-refractivity contribution in [2.45, 2.75) is 6.92 Å². The summed E-state index contributed by atoms with van der Waals surface area (Å²) >= 11 is 4.01. The van der Waals surface area contributed by atoms with E-state index < -0.39 is 23.6 Å². The number of phenols is 1. The van der Waals surface area contributed by atoms with E-state index >= 15 is 0 Å². The molecule has 184 valence electrons. The van der Waals surface area contributed by atoms with E-state index in [9.17, 15) is 19.5 Å². The number of hydrogen-bond acceptors (Lipinski definition) is 8. The van der Waals surface area contributed by atoms with E-state index in [2.05, 4.69) is 26.1 Å². The Morgan fingerprint density at radius 3 is 2.63 bits per heavy atom. The maximum absolute atomic E-state index is 12.8. The lowest BCUT2D eigenvalue weighted by Gasteiger charge is -2.28. The predicted molar refractivity (Wildman–Crippen MR) is 138 cm³/mol. The van der Waals surface area contributed by atoms with Crippen LogP contribution >= 0.6 is 27.7 Å². The Kier molecular flexibility index (Phi) is 7.99. The number of morpholine rings is 1. The highest BCUT2D eigenvalue weighted by Crippen LogP contribution is 2.38. The zero-order chi connectivity index (χ0) is 24.9. The maximum atomic E-state index is 12.8. The van der Waals surface area contributed by atoms with Crippen molar-refractivity contribution in [2.75, 3.05) is 49.7 Å². The third kappa shape index (κ3) is 5.98. The fourth-order valence-electron chi connectivity index (χ4n) is 3.65. The van der Waals surface area contributed by atoms with Gasteiger partial charge in [-0.1, -0.05) is 0 Å². The van der Waals surface area contributed by atoms with Crippen LogP contribution in [0.2, 0.25) is 0 Å². The van der Waals surface area contributed by atoms with Gasteiger partial charge in [0.25, 0.3) is 11.1 Å². The summed E-state index contributed by atoms with van der Waals surface area (Å²) in [5.74, 6) is -0.822. The molecular weight excluding hydrogens is 538 g/mol. The lowest BCUT2D eigenvalue weighted by atomic mass is 10.2. The number of carbonyl (C=O) groups excluding carboxylic acids is 3. The highest BCUT2D eigenvalue weighted by Gasteiger charge is 2.36. The lowest BCUT2D eigenvalue weighted by molar-refractivity contribution is -0.127. The quantitative estimate of drug-likeness (QED) is 0.487. The van der Waals surface area contributed by atoms with Gasteiger partial charge in [0, 0.05) is 24.5 Å². The predicted octanol–water partition coefficient (Wildman–Crippen LogP) is 4.07. The van der Waals surface area contributed by atoms with Gasteiger partial charge in [0.05, 0.1) is 29.2 Å². The number of phenolic OH excluding ortho intramolecular Hbond substituents is 1. The van der Waals surface area contributed by atoms with Crippen molar-refractivity contribution in [3.8, 4) is 11.5 Å². The van der Waals surface area contributed by atoms with Crippen molar-refractivity contribution >= 4 is 62.2 Å². The molecule has 2 heterocycles. The first-order chi connectivity index (χ1) is 16.9. The smallest absolute Gasteiger partial charge is 0.294 e. The first-order valence-electron chi connectivity index (χ1n) is 11.0. The lowest BCUT2D eigenvalue weighted by Crippen LogP contribution is -2.36. The van der Waals surface area contributed by atoms with Crippen LogP contribution in [0, 0.1) is 0 Å². The van der Waals surface area contributed by atoms with E-state index in [1.54, 1.807) is 31.2 Å². The fourth-order valence-corrected chi connectivity index (χ4v) is 4.95. The molecule has 0 radical (unpaired) electrons. The third-order valence-electron chi connectivity index (χ3n) is 5.35. The molecule has 35 heavy (non-hydrogen) atoms. The van der Waals surface area contributed by atoms with Gasteiger partial charge in [0.2, 0.25) is 5.91 Å². The number of ether oxygens (including phenoxy) is 2. The minimum absolute atomic E-state index is 0.0493. The number of nitrogens with one attached hydrogen (secondary N) is 1. The largest absolute Gasteiger partial charge is 0.503 e. The van der Waals surface area contributed by atoms with Crippen molar-refractivity contribution in [2.24, 2.45) is 0 Å². The Hall–Kier alpha value is -3.02. The molecule has 2 aliphatic heterocycles. The fraction of sp³-hybridized carbons (Fsp3) is 0.292. The van der Waals surface area contributed by atoms with E-state index in [1.807, 2.05) is 12.1 Å². The monoisotopic (exact) mass is 561 g/mol. The molecule has 0 aliphatic carbocycles. The molecule has 0 aromatic heterocycles. The summed E-state index contributed by atoms with van der Waals surface area (Å²) in [6, 6.07) is 10.6. The minimum Gasteiger partial charge on any atom is -0.503 e. The second-order valence-corrected chi connectivity index (χ2v) is 9.59. The topological polar surface area (TPSA) is 108 Å². The molecule has 4 rings (SSSR count). The minimum atomic E-state index is -0.556. The summed E-state index contributed by atoms with van der Waals surface area (Å²) in [5, 5.41) is 12.3. The van der Waals surface area contributed by atoms with Crippen LogP contribution in [0.3, 0.4) is 0 Å². The van der Waals surface area contributed by atoms with Crippen molar-refractivity contribution in [3.05, 3.63) is 51.3 Å². The van der Waals surface area contributed by atoms with Gasteiger partial charge in [-0.15, -0.1) is 0 Å². The molecular formula is C24H24BrN3O6S. The van der Waals surface area contributed by atoms with Gasteiger partial charge >= 0.3 is 0 Å². The number of aromatic hydroxyl groups is 1. The Morgan fingerprint density at radius 2 is 1.94 bits per heavy atom. The molecule has 9 nitrogen and oxygen atoms in total. The van der Waals surface area contributed by atoms with Crippen LogP contribution in [0.4, 0.5) is 16.2 Å². The average molecular weight is 562 g/mol. The average Bonchev–Trinajstić information content (AvgIpc) is 3.10. The molecule has 0 unspecified atom stereocenters. The van der Waals surface area contributed by atoms with Crippen LogP contribution in [0.15, 0.2) is 45.8 Å². The first-order valence-corrected chi connectivity index (χ1v) is 12.6. The maximum Gasteiger partial charge on any atom is 0.294 e. The van der Waals surface area contributed by atoms with E-state index in [0.717, 1.165) is 35.4 Å². The van der Waals surface area contributed by atoms with Crippen LogP contribution in [0.1, 0.15) is 12.5 Å². The summed E-state index contributed by atoms with van der Waals surface area (Å²) < 4.78 is 11.2.